The van der Waals surface area contributed by atoms with Gasteiger partial charge in [0.25, 0.3) is 11.1 Å². The molecule has 2 amide bonds. The van der Waals surface area contributed by atoms with Crippen LogP contribution >= 0.6 is 23.1 Å². The third-order valence-corrected chi connectivity index (χ3v) is 9.02. The molecule has 3 heterocycles. The number of unbranched alkanes of at least 4 members (excludes halogenated alkanes) is 1. The number of carbonyl (C=O) groups is 2. The summed E-state index contributed by atoms with van der Waals surface area (Å²) in [7, 11) is -3.85. The van der Waals surface area contributed by atoms with Crippen molar-refractivity contribution < 1.29 is 18.0 Å². The highest BCUT2D eigenvalue weighted by Crippen LogP contribution is 2.40. The van der Waals surface area contributed by atoms with Crippen molar-refractivity contribution in [1.82, 2.24) is 10.3 Å². The van der Waals surface area contributed by atoms with Crippen LogP contribution in [0.2, 0.25) is 0 Å². The SMILES string of the molecule is CCCCc1c(-c2ccc(-c3ccnc4ccc(C=C5SC(=O)NC5=O)cc34)s2)cccc1S(N)(=O)=O. The van der Waals surface area contributed by atoms with Crippen LogP contribution in [0.1, 0.15) is 30.9 Å². The van der Waals surface area contributed by atoms with Gasteiger partial charge in [-0.15, -0.1) is 11.3 Å². The number of hydrogen-bond donors (Lipinski definition) is 2. The van der Waals surface area contributed by atoms with Gasteiger partial charge in [-0.05, 0) is 83.8 Å². The summed E-state index contributed by atoms with van der Waals surface area (Å²) in [5, 5.41) is 8.34. The van der Waals surface area contributed by atoms with Crippen molar-refractivity contribution >= 4 is 61.2 Å². The van der Waals surface area contributed by atoms with Gasteiger partial charge in [-0.1, -0.05) is 31.5 Å². The number of aromatic nitrogens is 1. The molecule has 10 heteroatoms. The van der Waals surface area contributed by atoms with Gasteiger partial charge < -0.3 is 0 Å². The van der Waals surface area contributed by atoms with Crippen LogP contribution in [0.3, 0.4) is 0 Å². The Morgan fingerprint density at radius 3 is 2.51 bits per heavy atom. The summed E-state index contributed by atoms with van der Waals surface area (Å²) in [6, 6.07) is 16.9. The quantitative estimate of drug-likeness (QED) is 0.275. The summed E-state index contributed by atoms with van der Waals surface area (Å²) in [4.78, 5) is 30.5. The third-order valence-electron chi connectivity index (χ3n) is 6.06. The van der Waals surface area contributed by atoms with E-state index >= 15 is 0 Å². The van der Waals surface area contributed by atoms with Crippen molar-refractivity contribution in [3.63, 3.8) is 0 Å². The Labute approximate surface area is 222 Å². The Morgan fingerprint density at radius 2 is 1.81 bits per heavy atom. The van der Waals surface area contributed by atoms with E-state index in [4.69, 9.17) is 5.14 Å². The molecule has 3 N–H and O–H groups in total. The van der Waals surface area contributed by atoms with E-state index in [0.717, 1.165) is 67.5 Å². The van der Waals surface area contributed by atoms with Gasteiger partial charge in [0.1, 0.15) is 0 Å². The van der Waals surface area contributed by atoms with Crippen molar-refractivity contribution in [3.05, 3.63) is 76.8 Å². The molecule has 4 aromatic rings. The maximum atomic E-state index is 12.3. The molecule has 188 valence electrons. The number of primary sulfonamides is 1. The lowest BCUT2D eigenvalue weighted by atomic mass is 10.0. The Kier molecular flexibility index (Phi) is 7.00. The number of imide groups is 1. The van der Waals surface area contributed by atoms with Crippen LogP contribution < -0.4 is 10.5 Å². The summed E-state index contributed by atoms with van der Waals surface area (Å²) in [6.45, 7) is 2.07. The Hall–Kier alpha value is -3.31. The summed E-state index contributed by atoms with van der Waals surface area (Å²) in [5.41, 5.74) is 4.17. The fourth-order valence-electron chi connectivity index (χ4n) is 4.34. The fraction of sp³-hybridized carbons (Fsp3) is 0.148. The number of sulfonamides is 1. The van der Waals surface area contributed by atoms with E-state index in [1.165, 1.54) is 0 Å². The number of thioether (sulfide) groups is 1. The summed E-state index contributed by atoms with van der Waals surface area (Å²) in [5.74, 6) is -0.398. The van der Waals surface area contributed by atoms with E-state index < -0.39 is 15.9 Å². The van der Waals surface area contributed by atoms with E-state index in [1.54, 1.807) is 35.7 Å². The van der Waals surface area contributed by atoms with Gasteiger partial charge in [-0.2, -0.15) is 0 Å². The van der Waals surface area contributed by atoms with Crippen LogP contribution in [0.4, 0.5) is 4.79 Å². The molecule has 0 radical (unpaired) electrons. The molecule has 1 aliphatic rings. The maximum absolute atomic E-state index is 12.3. The first-order valence-electron chi connectivity index (χ1n) is 11.6. The molecular formula is C27H23N3O4S3. The predicted molar refractivity (Wildman–Crippen MR) is 150 cm³/mol. The molecule has 0 bridgehead atoms. The van der Waals surface area contributed by atoms with Crippen molar-refractivity contribution in [2.24, 2.45) is 5.14 Å². The minimum absolute atomic E-state index is 0.174. The molecule has 7 nitrogen and oxygen atoms in total. The molecule has 0 aliphatic carbocycles. The molecule has 1 aliphatic heterocycles. The molecular weight excluding hydrogens is 527 g/mol. The number of nitrogens with zero attached hydrogens (tertiary/aromatic N) is 1. The predicted octanol–water partition coefficient (Wildman–Crippen LogP) is 5.94. The smallest absolute Gasteiger partial charge is 0.282 e. The molecule has 37 heavy (non-hydrogen) atoms. The minimum Gasteiger partial charge on any atom is -0.282 e. The lowest BCUT2D eigenvalue weighted by Gasteiger charge is -2.12. The molecule has 0 unspecified atom stereocenters. The standard InChI is InChI=1S/C27H23N3O4S3/c1-2-3-5-19-17(6-4-7-25(19)37(28,33)34)22-10-11-23(35-22)18-12-13-29-21-9-8-16(14-20(18)21)15-24-26(31)30-27(32)36-24/h4,6-15H,2-3,5H2,1H3,(H2,28,33,34)(H,30,31,32). The second-order valence-electron chi connectivity index (χ2n) is 8.58. The number of carbonyl (C=O) groups excluding carboxylic acids is 2. The molecule has 2 aromatic carbocycles. The molecule has 5 rings (SSSR count). The number of hydrogen-bond acceptors (Lipinski definition) is 7. The number of nitrogens with two attached hydrogens (primary N) is 1. The normalized spacial score (nSPS) is 15.0. The lowest BCUT2D eigenvalue weighted by molar-refractivity contribution is -0.115. The van der Waals surface area contributed by atoms with E-state index in [0.29, 0.717) is 11.3 Å². The van der Waals surface area contributed by atoms with Gasteiger partial charge in [0, 0.05) is 26.9 Å². The van der Waals surface area contributed by atoms with Crippen molar-refractivity contribution in [2.45, 2.75) is 31.1 Å². The number of pyridine rings is 1. The van der Waals surface area contributed by atoms with Gasteiger partial charge in [-0.3, -0.25) is 19.9 Å². The topological polar surface area (TPSA) is 119 Å². The third kappa shape index (κ3) is 5.24. The number of rotatable bonds is 7. The van der Waals surface area contributed by atoms with Gasteiger partial charge in [0.15, 0.2) is 0 Å². The Bertz CT molecular complexity index is 1690. The van der Waals surface area contributed by atoms with Crippen LogP contribution in [-0.4, -0.2) is 24.5 Å². The number of amides is 2. The molecule has 2 aromatic heterocycles. The second kappa shape index (κ2) is 10.2. The highest BCUT2D eigenvalue weighted by molar-refractivity contribution is 8.18. The average Bonchev–Trinajstić information content (AvgIpc) is 3.47. The second-order valence-corrected chi connectivity index (χ2v) is 12.2. The monoisotopic (exact) mass is 549 g/mol. The zero-order valence-electron chi connectivity index (χ0n) is 19.9. The first kappa shape index (κ1) is 25.3. The fourth-order valence-corrected chi connectivity index (χ4v) is 6.95. The van der Waals surface area contributed by atoms with Crippen LogP contribution in [0.5, 0.6) is 0 Å². The van der Waals surface area contributed by atoms with E-state index in [1.807, 2.05) is 42.5 Å². The van der Waals surface area contributed by atoms with Crippen molar-refractivity contribution in [1.29, 1.82) is 0 Å². The molecule has 1 fully saturated rings. The number of nitrogens with one attached hydrogen (secondary N) is 1. The van der Waals surface area contributed by atoms with Crippen LogP contribution in [0.15, 0.2) is 70.6 Å². The average molecular weight is 550 g/mol. The van der Waals surface area contributed by atoms with Gasteiger partial charge in [-0.25, -0.2) is 13.6 Å². The lowest BCUT2D eigenvalue weighted by Crippen LogP contribution is -2.17. The number of benzene rings is 2. The zero-order valence-corrected chi connectivity index (χ0v) is 22.3. The number of fused-ring (bicyclic) bond motifs is 1. The highest BCUT2D eigenvalue weighted by atomic mass is 32.2. The minimum atomic E-state index is -3.85. The molecule has 0 atom stereocenters. The van der Waals surface area contributed by atoms with Crippen LogP contribution in [0.25, 0.3) is 37.9 Å². The Balaban J connectivity index is 1.58. The van der Waals surface area contributed by atoms with E-state index in [2.05, 4.69) is 17.2 Å². The van der Waals surface area contributed by atoms with E-state index in [-0.39, 0.29) is 10.1 Å². The largest absolute Gasteiger partial charge is 0.290 e. The zero-order chi connectivity index (χ0) is 26.2. The van der Waals surface area contributed by atoms with Gasteiger partial charge >= 0.3 is 0 Å². The highest BCUT2D eigenvalue weighted by Gasteiger charge is 2.25. The van der Waals surface area contributed by atoms with Crippen LogP contribution in [0, 0.1) is 0 Å². The maximum Gasteiger partial charge on any atom is 0.290 e. The summed E-state index contributed by atoms with van der Waals surface area (Å²) >= 11 is 2.45. The summed E-state index contributed by atoms with van der Waals surface area (Å²) in [6.07, 6.45) is 5.86. The van der Waals surface area contributed by atoms with E-state index in [9.17, 15) is 18.0 Å². The van der Waals surface area contributed by atoms with Gasteiger partial charge in [0.05, 0.1) is 15.3 Å². The first-order valence-corrected chi connectivity index (χ1v) is 14.8. The van der Waals surface area contributed by atoms with Crippen molar-refractivity contribution in [2.75, 3.05) is 0 Å². The first-order chi connectivity index (χ1) is 17.7. The summed E-state index contributed by atoms with van der Waals surface area (Å²) < 4.78 is 24.6. The molecule has 1 saturated heterocycles. The molecule has 0 saturated carbocycles. The van der Waals surface area contributed by atoms with Crippen molar-refractivity contribution in [3.8, 4) is 20.9 Å². The molecule has 0 spiro atoms. The number of thiophene rings is 1. The van der Waals surface area contributed by atoms with Gasteiger partial charge in [0.2, 0.25) is 10.0 Å². The van der Waals surface area contributed by atoms with Crippen LogP contribution in [-0.2, 0) is 21.2 Å². The Morgan fingerprint density at radius 1 is 1.03 bits per heavy atom.